The van der Waals surface area contributed by atoms with Crippen LogP contribution in [0.5, 0.6) is 0 Å². The molecule has 2 aromatic carbocycles. The number of benzene rings is 2. The molecule has 0 aromatic heterocycles. The largest absolute Gasteiger partial charge is 0.465 e. The Labute approximate surface area is 145 Å². The van der Waals surface area contributed by atoms with Crippen LogP contribution in [0.2, 0.25) is 0 Å². The molecule has 4 rings (SSSR count). The zero-order valence-corrected chi connectivity index (χ0v) is 14.2. The third kappa shape index (κ3) is 2.15. The van der Waals surface area contributed by atoms with E-state index in [0.717, 1.165) is 22.3 Å². The highest BCUT2D eigenvalue weighted by Gasteiger charge is 2.55. The fourth-order valence-electron chi connectivity index (χ4n) is 4.07. The van der Waals surface area contributed by atoms with E-state index in [1.165, 1.54) is 7.11 Å². The van der Waals surface area contributed by atoms with Gasteiger partial charge in [0, 0.05) is 17.9 Å². The van der Waals surface area contributed by atoms with E-state index in [-0.39, 0.29) is 11.7 Å². The van der Waals surface area contributed by atoms with Crippen LogP contribution in [-0.4, -0.2) is 30.9 Å². The fraction of sp³-hybridized carbons (Fsp3) is 0.300. The lowest BCUT2D eigenvalue weighted by Gasteiger charge is -2.27. The quantitative estimate of drug-likeness (QED) is 0.789. The summed E-state index contributed by atoms with van der Waals surface area (Å²) in [5.74, 6) is -0.662. The van der Waals surface area contributed by atoms with Gasteiger partial charge in [0.1, 0.15) is 0 Å². The summed E-state index contributed by atoms with van der Waals surface area (Å²) in [6.07, 6.45) is 0.520. The number of esters is 1. The van der Waals surface area contributed by atoms with Crippen molar-refractivity contribution in [3.05, 3.63) is 70.3 Å². The Hall–Kier alpha value is -2.82. The van der Waals surface area contributed by atoms with Gasteiger partial charge in [0.25, 0.3) is 0 Å². The topological polar surface area (TPSA) is 68.1 Å². The first kappa shape index (κ1) is 15.7. The number of fused-ring (bicyclic) bond motifs is 1. The molecule has 0 radical (unpaired) electrons. The van der Waals surface area contributed by atoms with Gasteiger partial charge in [-0.05, 0) is 29.7 Å². The van der Waals surface area contributed by atoms with E-state index in [0.29, 0.717) is 18.5 Å². The van der Waals surface area contributed by atoms with Crippen LogP contribution in [0.15, 0.2) is 52.7 Å². The standard InChI is InChI=1S/C20H18N2O3/c1-12-6-5-7-13-10-20(18(23)17(12)13)16(11-21-22-20)14-8-3-4-9-15(14)19(24)25-2/h3-9,16H,10-11H2,1-2H3. The molecule has 2 unspecified atom stereocenters. The van der Waals surface area contributed by atoms with E-state index in [1.807, 2.05) is 37.3 Å². The molecule has 0 amide bonds. The first-order valence-electron chi connectivity index (χ1n) is 8.27. The SMILES string of the molecule is COC(=O)c1ccccc1C1CN=NC12Cc1cccc(C)c1C2=O. The third-order valence-electron chi connectivity index (χ3n) is 5.27. The molecule has 0 bridgehead atoms. The van der Waals surface area contributed by atoms with Crippen molar-refractivity contribution in [3.63, 3.8) is 0 Å². The molecule has 5 nitrogen and oxygen atoms in total. The van der Waals surface area contributed by atoms with E-state index in [2.05, 4.69) is 10.2 Å². The number of rotatable bonds is 2. The summed E-state index contributed by atoms with van der Waals surface area (Å²) >= 11 is 0. The van der Waals surface area contributed by atoms with E-state index < -0.39 is 11.5 Å². The van der Waals surface area contributed by atoms with Crippen LogP contribution < -0.4 is 0 Å². The van der Waals surface area contributed by atoms with Crippen LogP contribution in [0.25, 0.3) is 0 Å². The smallest absolute Gasteiger partial charge is 0.338 e. The summed E-state index contributed by atoms with van der Waals surface area (Å²) in [6, 6.07) is 13.1. The number of aryl methyl sites for hydroxylation is 1. The number of carbonyl (C=O) groups is 2. The molecule has 5 heteroatoms. The summed E-state index contributed by atoms with van der Waals surface area (Å²) in [7, 11) is 1.36. The third-order valence-corrected chi connectivity index (χ3v) is 5.27. The molecule has 2 aliphatic rings. The Balaban J connectivity index is 1.84. The molecule has 1 aliphatic carbocycles. The van der Waals surface area contributed by atoms with Crippen molar-refractivity contribution in [2.24, 2.45) is 10.2 Å². The van der Waals surface area contributed by atoms with Gasteiger partial charge in [0.05, 0.1) is 19.2 Å². The maximum atomic E-state index is 13.3. The van der Waals surface area contributed by atoms with Crippen LogP contribution in [0, 0.1) is 6.92 Å². The second-order valence-corrected chi connectivity index (χ2v) is 6.59. The monoisotopic (exact) mass is 334 g/mol. The van der Waals surface area contributed by atoms with Crippen molar-refractivity contribution < 1.29 is 14.3 Å². The molecule has 0 saturated heterocycles. The number of carbonyl (C=O) groups excluding carboxylic acids is 2. The summed E-state index contributed by atoms with van der Waals surface area (Å²) in [5, 5.41) is 8.63. The average molecular weight is 334 g/mol. The molecule has 2 aromatic rings. The molecule has 1 heterocycles. The second-order valence-electron chi connectivity index (χ2n) is 6.59. The summed E-state index contributed by atoms with van der Waals surface area (Å²) in [4.78, 5) is 25.5. The van der Waals surface area contributed by atoms with Crippen molar-refractivity contribution in [3.8, 4) is 0 Å². The number of Topliss-reactive ketones (excluding diaryl/α,β-unsaturated/α-hetero) is 1. The number of nitrogens with zero attached hydrogens (tertiary/aromatic N) is 2. The number of azo groups is 1. The average Bonchev–Trinajstić information content (AvgIpc) is 3.17. The minimum atomic E-state index is -0.946. The van der Waals surface area contributed by atoms with Crippen LogP contribution in [-0.2, 0) is 11.2 Å². The van der Waals surface area contributed by atoms with Gasteiger partial charge in [0.2, 0.25) is 0 Å². The van der Waals surface area contributed by atoms with E-state index >= 15 is 0 Å². The number of ketones is 1. The molecule has 25 heavy (non-hydrogen) atoms. The van der Waals surface area contributed by atoms with Gasteiger partial charge in [-0.25, -0.2) is 4.79 Å². The predicted molar refractivity (Wildman–Crippen MR) is 92.2 cm³/mol. The molecule has 126 valence electrons. The Bertz CT molecular complexity index is 919. The summed E-state index contributed by atoms with van der Waals surface area (Å²) in [6.45, 7) is 2.34. The Morgan fingerprint density at radius 3 is 2.76 bits per heavy atom. The van der Waals surface area contributed by atoms with E-state index in [4.69, 9.17) is 4.74 Å². The number of methoxy groups -OCH3 is 1. The Kier molecular flexibility index (Phi) is 3.53. The van der Waals surface area contributed by atoms with Gasteiger partial charge in [0.15, 0.2) is 11.3 Å². The Morgan fingerprint density at radius 1 is 1.20 bits per heavy atom. The molecular formula is C20H18N2O3. The van der Waals surface area contributed by atoms with Gasteiger partial charge < -0.3 is 4.74 Å². The first-order valence-corrected chi connectivity index (χ1v) is 8.27. The van der Waals surface area contributed by atoms with Gasteiger partial charge >= 0.3 is 5.97 Å². The lowest BCUT2D eigenvalue weighted by atomic mass is 9.76. The minimum Gasteiger partial charge on any atom is -0.465 e. The molecule has 1 aliphatic heterocycles. The molecule has 0 fully saturated rings. The number of hydrogen-bond donors (Lipinski definition) is 0. The van der Waals surface area contributed by atoms with Gasteiger partial charge in [-0.3, -0.25) is 4.79 Å². The Morgan fingerprint density at radius 2 is 2.00 bits per heavy atom. The van der Waals surface area contributed by atoms with Crippen molar-refractivity contribution in [2.75, 3.05) is 13.7 Å². The lowest BCUT2D eigenvalue weighted by molar-refractivity contribution is 0.0597. The van der Waals surface area contributed by atoms with Crippen molar-refractivity contribution in [1.82, 2.24) is 0 Å². The van der Waals surface area contributed by atoms with Crippen molar-refractivity contribution in [1.29, 1.82) is 0 Å². The van der Waals surface area contributed by atoms with Gasteiger partial charge in [-0.15, -0.1) is 0 Å². The van der Waals surface area contributed by atoms with Gasteiger partial charge in [-0.2, -0.15) is 10.2 Å². The number of hydrogen-bond acceptors (Lipinski definition) is 5. The van der Waals surface area contributed by atoms with E-state index in [1.54, 1.807) is 12.1 Å². The fourth-order valence-corrected chi connectivity index (χ4v) is 4.07. The zero-order valence-electron chi connectivity index (χ0n) is 14.2. The van der Waals surface area contributed by atoms with Crippen molar-refractivity contribution >= 4 is 11.8 Å². The molecular weight excluding hydrogens is 316 g/mol. The van der Waals surface area contributed by atoms with Crippen LogP contribution in [0.1, 0.15) is 43.3 Å². The minimum absolute atomic E-state index is 0.00604. The number of ether oxygens (including phenoxy) is 1. The zero-order chi connectivity index (χ0) is 17.6. The molecule has 2 atom stereocenters. The predicted octanol–water partition coefficient (Wildman–Crippen LogP) is 3.51. The van der Waals surface area contributed by atoms with Crippen LogP contribution in [0.3, 0.4) is 0 Å². The lowest BCUT2D eigenvalue weighted by Crippen LogP contribution is -2.39. The molecule has 1 spiro atoms. The second kappa shape index (κ2) is 5.62. The molecule has 0 saturated carbocycles. The van der Waals surface area contributed by atoms with E-state index in [9.17, 15) is 9.59 Å². The summed E-state index contributed by atoms with van der Waals surface area (Å²) < 4.78 is 4.91. The maximum absolute atomic E-state index is 13.3. The highest BCUT2D eigenvalue weighted by molar-refractivity contribution is 6.10. The van der Waals surface area contributed by atoms with Crippen LogP contribution >= 0.6 is 0 Å². The normalized spacial score (nSPS) is 23.9. The van der Waals surface area contributed by atoms with Crippen LogP contribution in [0.4, 0.5) is 0 Å². The highest BCUT2D eigenvalue weighted by Crippen LogP contribution is 2.47. The highest BCUT2D eigenvalue weighted by atomic mass is 16.5. The van der Waals surface area contributed by atoms with Crippen molar-refractivity contribution in [2.45, 2.75) is 24.8 Å². The summed E-state index contributed by atoms with van der Waals surface area (Å²) in [5.41, 5.74) is 3.02. The first-order chi connectivity index (χ1) is 12.1. The maximum Gasteiger partial charge on any atom is 0.338 e. The molecule has 0 N–H and O–H groups in total. The van der Waals surface area contributed by atoms with Gasteiger partial charge in [-0.1, -0.05) is 36.4 Å².